The smallest absolute Gasteiger partial charge is 0.160 e. The number of nitrogens with zero attached hydrogens (tertiary/aromatic N) is 6. The van der Waals surface area contributed by atoms with Gasteiger partial charge >= 0.3 is 0 Å². The Hall–Kier alpha value is -2.41. The molecule has 0 aliphatic carbocycles. The van der Waals surface area contributed by atoms with Crippen molar-refractivity contribution in [1.82, 2.24) is 29.0 Å². The number of aryl methyl sites for hydroxylation is 2. The molecule has 3 heterocycles. The molecule has 0 aliphatic rings. The fourth-order valence-corrected chi connectivity index (χ4v) is 2.36. The van der Waals surface area contributed by atoms with Crippen LogP contribution in [-0.4, -0.2) is 56.2 Å². The van der Waals surface area contributed by atoms with Gasteiger partial charge < -0.3 is 14.8 Å². The Bertz CT molecular complexity index is 784. The van der Waals surface area contributed by atoms with Crippen molar-refractivity contribution in [3.8, 4) is 11.5 Å². The highest BCUT2D eigenvalue weighted by Crippen LogP contribution is 2.20. The minimum atomic E-state index is 0.821. The topological polar surface area (TPSA) is 63.3 Å². The summed E-state index contributed by atoms with van der Waals surface area (Å²) in [6, 6.07) is 3.98. The van der Waals surface area contributed by atoms with E-state index in [1.165, 1.54) is 0 Å². The monoisotopic (exact) mass is 299 g/mol. The fourth-order valence-electron chi connectivity index (χ4n) is 2.36. The molecule has 3 aromatic heterocycles. The number of likely N-dealkylation sites (N-methyl/N-ethyl adjacent to an activating group) is 1. The Labute approximate surface area is 129 Å². The number of hydrogen-bond donors (Lipinski definition) is 1. The van der Waals surface area contributed by atoms with E-state index in [9.17, 15) is 0 Å². The van der Waals surface area contributed by atoms with Crippen molar-refractivity contribution in [2.45, 2.75) is 6.92 Å². The van der Waals surface area contributed by atoms with E-state index in [1.807, 2.05) is 41.4 Å². The largest absolute Gasteiger partial charge is 0.369 e. The van der Waals surface area contributed by atoms with E-state index >= 15 is 0 Å². The van der Waals surface area contributed by atoms with Crippen molar-refractivity contribution in [3.05, 3.63) is 30.2 Å². The average molecular weight is 299 g/mol. The first-order chi connectivity index (χ1) is 10.5. The molecular weight excluding hydrogens is 278 g/mol. The van der Waals surface area contributed by atoms with E-state index in [0.717, 1.165) is 41.8 Å². The van der Waals surface area contributed by atoms with Gasteiger partial charge in [-0.05, 0) is 21.0 Å². The summed E-state index contributed by atoms with van der Waals surface area (Å²) < 4.78 is 3.79. The first-order valence-corrected chi connectivity index (χ1v) is 7.28. The average Bonchev–Trinajstić information content (AvgIpc) is 3.03. The van der Waals surface area contributed by atoms with Crippen LogP contribution in [0.5, 0.6) is 0 Å². The molecule has 22 heavy (non-hydrogen) atoms. The van der Waals surface area contributed by atoms with E-state index in [2.05, 4.69) is 39.4 Å². The number of nitrogens with one attached hydrogen (secondary N) is 1. The van der Waals surface area contributed by atoms with Crippen LogP contribution in [0, 0.1) is 6.92 Å². The molecular formula is C15H21N7. The van der Waals surface area contributed by atoms with Crippen molar-refractivity contribution in [2.75, 3.05) is 32.5 Å². The maximum Gasteiger partial charge on any atom is 0.160 e. The lowest BCUT2D eigenvalue weighted by atomic mass is 10.4. The van der Waals surface area contributed by atoms with E-state index in [0.29, 0.717) is 0 Å². The van der Waals surface area contributed by atoms with Gasteiger partial charge in [-0.2, -0.15) is 9.61 Å². The van der Waals surface area contributed by atoms with Gasteiger partial charge in [0.1, 0.15) is 11.5 Å². The molecule has 3 rings (SSSR count). The lowest BCUT2D eigenvalue weighted by Gasteiger charge is -2.12. The molecule has 0 unspecified atom stereocenters. The third kappa shape index (κ3) is 2.80. The van der Waals surface area contributed by atoms with Gasteiger partial charge in [0.05, 0.1) is 0 Å². The number of anilines is 1. The van der Waals surface area contributed by atoms with Crippen molar-refractivity contribution in [2.24, 2.45) is 7.05 Å². The van der Waals surface area contributed by atoms with Crippen molar-refractivity contribution in [3.63, 3.8) is 0 Å². The molecule has 0 radical (unpaired) electrons. The van der Waals surface area contributed by atoms with Gasteiger partial charge in [0.15, 0.2) is 11.5 Å². The molecule has 0 aromatic carbocycles. The van der Waals surface area contributed by atoms with Gasteiger partial charge in [-0.15, -0.1) is 0 Å². The van der Waals surface area contributed by atoms with Gasteiger partial charge in [0, 0.05) is 50.4 Å². The molecule has 3 aromatic rings. The molecule has 0 fully saturated rings. The van der Waals surface area contributed by atoms with Crippen LogP contribution >= 0.6 is 0 Å². The zero-order valence-corrected chi connectivity index (χ0v) is 13.4. The second kappa shape index (κ2) is 5.76. The second-order valence-electron chi connectivity index (χ2n) is 5.67. The molecule has 0 bridgehead atoms. The van der Waals surface area contributed by atoms with Crippen LogP contribution in [0.15, 0.2) is 24.5 Å². The Morgan fingerprint density at radius 1 is 1.27 bits per heavy atom. The van der Waals surface area contributed by atoms with Crippen LogP contribution in [0.3, 0.4) is 0 Å². The molecule has 0 aliphatic heterocycles. The predicted octanol–water partition coefficient (Wildman–Crippen LogP) is 1.41. The van der Waals surface area contributed by atoms with Crippen LogP contribution in [-0.2, 0) is 7.05 Å². The summed E-state index contributed by atoms with van der Waals surface area (Å²) in [5, 5.41) is 8.07. The number of aromatic nitrogens is 5. The Balaban J connectivity index is 1.98. The minimum absolute atomic E-state index is 0.821. The summed E-state index contributed by atoms with van der Waals surface area (Å²) in [6.07, 6.45) is 3.68. The third-order valence-electron chi connectivity index (χ3n) is 3.47. The molecule has 0 saturated carbocycles. The van der Waals surface area contributed by atoms with E-state index in [-0.39, 0.29) is 0 Å². The van der Waals surface area contributed by atoms with Crippen molar-refractivity contribution in [1.29, 1.82) is 0 Å². The highest BCUT2D eigenvalue weighted by molar-refractivity contribution is 5.61. The van der Waals surface area contributed by atoms with Gasteiger partial charge in [-0.25, -0.2) is 9.97 Å². The Morgan fingerprint density at radius 2 is 2.09 bits per heavy atom. The Kier molecular flexibility index (Phi) is 3.81. The number of imidazole rings is 1. The summed E-state index contributed by atoms with van der Waals surface area (Å²) in [4.78, 5) is 11.0. The summed E-state index contributed by atoms with van der Waals surface area (Å²) in [5.41, 5.74) is 2.61. The van der Waals surface area contributed by atoms with Gasteiger partial charge in [-0.3, -0.25) is 0 Å². The van der Waals surface area contributed by atoms with E-state index < -0.39 is 0 Å². The summed E-state index contributed by atoms with van der Waals surface area (Å²) in [5.74, 6) is 1.78. The summed E-state index contributed by atoms with van der Waals surface area (Å²) in [7, 11) is 6.07. The van der Waals surface area contributed by atoms with E-state index in [4.69, 9.17) is 0 Å². The van der Waals surface area contributed by atoms with Crippen LogP contribution in [0.25, 0.3) is 17.2 Å². The maximum atomic E-state index is 4.65. The zero-order valence-electron chi connectivity index (χ0n) is 13.4. The maximum absolute atomic E-state index is 4.65. The molecule has 0 amide bonds. The fraction of sp³-hybridized carbons (Fsp3) is 0.400. The molecule has 7 nitrogen and oxygen atoms in total. The van der Waals surface area contributed by atoms with Crippen LogP contribution in [0.4, 0.5) is 5.82 Å². The predicted molar refractivity (Wildman–Crippen MR) is 87.0 cm³/mol. The standard InChI is InChI=1S/C15H21N7/c1-11-9-13(16-5-7-20(2)3)22-14(18-11)10-12(19-22)15-17-6-8-21(15)4/h6,8-10,16H,5,7H2,1-4H3. The van der Waals surface area contributed by atoms with Crippen LogP contribution in [0.2, 0.25) is 0 Å². The zero-order chi connectivity index (χ0) is 15.7. The lowest BCUT2D eigenvalue weighted by molar-refractivity contribution is 0.425. The molecule has 0 atom stereocenters. The first-order valence-electron chi connectivity index (χ1n) is 7.28. The molecule has 116 valence electrons. The highest BCUT2D eigenvalue weighted by Gasteiger charge is 2.12. The van der Waals surface area contributed by atoms with Crippen molar-refractivity contribution < 1.29 is 0 Å². The van der Waals surface area contributed by atoms with Gasteiger partial charge in [-0.1, -0.05) is 0 Å². The van der Waals surface area contributed by atoms with E-state index in [1.54, 1.807) is 6.20 Å². The normalized spacial score (nSPS) is 11.5. The minimum Gasteiger partial charge on any atom is -0.369 e. The number of hydrogen-bond acceptors (Lipinski definition) is 5. The van der Waals surface area contributed by atoms with Gasteiger partial charge in [0.2, 0.25) is 0 Å². The highest BCUT2D eigenvalue weighted by atomic mass is 15.3. The Morgan fingerprint density at radius 3 is 2.77 bits per heavy atom. The quantitative estimate of drug-likeness (QED) is 0.772. The molecule has 0 saturated heterocycles. The SMILES string of the molecule is Cc1cc(NCCN(C)C)n2nc(-c3nccn3C)cc2n1. The second-order valence-corrected chi connectivity index (χ2v) is 5.67. The first kappa shape index (κ1) is 14.5. The molecule has 7 heteroatoms. The summed E-state index contributed by atoms with van der Waals surface area (Å²) >= 11 is 0. The van der Waals surface area contributed by atoms with Crippen LogP contribution < -0.4 is 5.32 Å². The molecule has 0 spiro atoms. The third-order valence-corrected chi connectivity index (χ3v) is 3.47. The number of fused-ring (bicyclic) bond motifs is 1. The molecule has 1 N–H and O–H groups in total. The lowest BCUT2D eigenvalue weighted by Crippen LogP contribution is -2.21. The van der Waals surface area contributed by atoms with Crippen molar-refractivity contribution >= 4 is 11.5 Å². The van der Waals surface area contributed by atoms with Crippen LogP contribution in [0.1, 0.15) is 5.69 Å². The number of rotatable bonds is 5. The van der Waals surface area contributed by atoms with Gasteiger partial charge in [0.25, 0.3) is 0 Å². The summed E-state index contributed by atoms with van der Waals surface area (Å²) in [6.45, 7) is 3.80.